The van der Waals surface area contributed by atoms with Gasteiger partial charge in [0.05, 0.1) is 16.0 Å². The monoisotopic (exact) mass is 317 g/mol. The van der Waals surface area contributed by atoms with Gasteiger partial charge in [-0.05, 0) is 22.6 Å². The number of rotatable bonds is 2. The lowest BCUT2D eigenvalue weighted by Gasteiger charge is -2.04. The molecule has 0 spiro atoms. The Morgan fingerprint density at radius 2 is 2.07 bits per heavy atom. The predicted molar refractivity (Wildman–Crippen MR) is 59.0 cm³/mol. The Kier molecular flexibility index (Phi) is 3.05. The smallest absolute Gasteiger partial charge is 0.235 e. The topological polar surface area (TPSA) is 47.9 Å². The summed E-state index contributed by atoms with van der Waals surface area (Å²) in [6, 6.07) is 1.24. The first-order chi connectivity index (χ1) is 7.25. The summed E-state index contributed by atoms with van der Waals surface area (Å²) >= 11 is 2.03. The second-order valence-corrected chi connectivity index (χ2v) is 3.78. The summed E-state index contributed by atoms with van der Waals surface area (Å²) in [5, 5.41) is 0. The van der Waals surface area contributed by atoms with E-state index in [2.05, 4.69) is 15.0 Å². The van der Waals surface area contributed by atoms with Gasteiger partial charge in [0, 0.05) is 12.3 Å². The van der Waals surface area contributed by atoms with E-state index in [1.54, 1.807) is 6.20 Å². The summed E-state index contributed by atoms with van der Waals surface area (Å²) in [4.78, 5) is 11.4. The SMILES string of the molecule is Fc1cncc(Oc2ncncc2I)c1. The van der Waals surface area contributed by atoms with Crippen LogP contribution in [0.5, 0.6) is 11.6 Å². The van der Waals surface area contributed by atoms with Crippen LogP contribution in [0.25, 0.3) is 0 Å². The molecule has 0 saturated carbocycles. The van der Waals surface area contributed by atoms with E-state index in [0.717, 1.165) is 9.77 Å². The molecule has 15 heavy (non-hydrogen) atoms. The normalized spacial score (nSPS) is 10.0. The molecule has 0 fully saturated rings. The van der Waals surface area contributed by atoms with Crippen LogP contribution in [-0.4, -0.2) is 15.0 Å². The van der Waals surface area contributed by atoms with Crippen LogP contribution in [0.4, 0.5) is 4.39 Å². The minimum atomic E-state index is -0.448. The van der Waals surface area contributed by atoms with E-state index < -0.39 is 5.82 Å². The van der Waals surface area contributed by atoms with Gasteiger partial charge in [-0.1, -0.05) is 0 Å². The van der Waals surface area contributed by atoms with E-state index in [1.807, 2.05) is 22.6 Å². The van der Waals surface area contributed by atoms with Gasteiger partial charge in [-0.2, -0.15) is 0 Å². The average molecular weight is 317 g/mol. The highest BCUT2D eigenvalue weighted by Gasteiger charge is 2.04. The maximum absolute atomic E-state index is 12.8. The van der Waals surface area contributed by atoms with Gasteiger partial charge in [0.25, 0.3) is 0 Å². The first kappa shape index (κ1) is 10.2. The molecular weight excluding hydrogens is 312 g/mol. The van der Waals surface area contributed by atoms with Crippen molar-refractivity contribution >= 4 is 22.6 Å². The maximum Gasteiger partial charge on any atom is 0.235 e. The molecule has 2 heterocycles. The van der Waals surface area contributed by atoms with Crippen molar-refractivity contribution in [3.63, 3.8) is 0 Å². The second kappa shape index (κ2) is 4.47. The van der Waals surface area contributed by atoms with Crippen LogP contribution in [0.15, 0.2) is 31.0 Å². The second-order valence-electron chi connectivity index (χ2n) is 2.62. The van der Waals surface area contributed by atoms with Gasteiger partial charge in [0.15, 0.2) is 5.75 Å². The highest BCUT2D eigenvalue weighted by atomic mass is 127. The van der Waals surface area contributed by atoms with E-state index in [9.17, 15) is 4.39 Å². The van der Waals surface area contributed by atoms with Gasteiger partial charge in [0.2, 0.25) is 5.88 Å². The fourth-order valence-corrected chi connectivity index (χ4v) is 1.35. The number of ether oxygens (including phenoxy) is 1. The van der Waals surface area contributed by atoms with Crippen LogP contribution in [0, 0.1) is 9.39 Å². The first-order valence-corrected chi connectivity index (χ1v) is 5.07. The van der Waals surface area contributed by atoms with Gasteiger partial charge in [0.1, 0.15) is 12.1 Å². The van der Waals surface area contributed by atoms with Gasteiger partial charge >= 0.3 is 0 Å². The Bertz CT molecular complexity index is 480. The lowest BCUT2D eigenvalue weighted by Crippen LogP contribution is -1.92. The fraction of sp³-hybridized carbons (Fsp3) is 0. The molecule has 0 radical (unpaired) electrons. The van der Waals surface area contributed by atoms with Crippen molar-refractivity contribution in [3.05, 3.63) is 40.4 Å². The molecule has 2 rings (SSSR count). The Morgan fingerprint density at radius 1 is 1.20 bits per heavy atom. The zero-order chi connectivity index (χ0) is 10.7. The molecule has 0 amide bonds. The lowest BCUT2D eigenvalue weighted by molar-refractivity contribution is 0.450. The van der Waals surface area contributed by atoms with Crippen LogP contribution < -0.4 is 4.74 Å². The Balaban J connectivity index is 2.26. The third-order valence-electron chi connectivity index (χ3n) is 1.53. The lowest BCUT2D eigenvalue weighted by atomic mass is 10.4. The van der Waals surface area contributed by atoms with Crippen molar-refractivity contribution in [3.8, 4) is 11.6 Å². The molecule has 0 unspecified atom stereocenters. The van der Waals surface area contributed by atoms with Crippen molar-refractivity contribution in [2.24, 2.45) is 0 Å². The number of hydrogen-bond donors (Lipinski definition) is 0. The fourth-order valence-electron chi connectivity index (χ4n) is 0.936. The third kappa shape index (κ3) is 2.58. The highest BCUT2D eigenvalue weighted by Crippen LogP contribution is 2.22. The molecule has 2 aromatic heterocycles. The first-order valence-electron chi connectivity index (χ1n) is 3.99. The molecule has 0 saturated heterocycles. The van der Waals surface area contributed by atoms with Crippen molar-refractivity contribution in [2.45, 2.75) is 0 Å². The zero-order valence-electron chi connectivity index (χ0n) is 7.39. The van der Waals surface area contributed by atoms with E-state index >= 15 is 0 Å². The summed E-state index contributed by atoms with van der Waals surface area (Å²) < 4.78 is 18.9. The van der Waals surface area contributed by atoms with Crippen molar-refractivity contribution < 1.29 is 9.13 Å². The number of hydrogen-bond acceptors (Lipinski definition) is 4. The number of halogens is 2. The van der Waals surface area contributed by atoms with Gasteiger partial charge < -0.3 is 4.74 Å². The van der Waals surface area contributed by atoms with Crippen molar-refractivity contribution in [2.75, 3.05) is 0 Å². The van der Waals surface area contributed by atoms with Gasteiger partial charge in [-0.3, -0.25) is 4.98 Å². The molecule has 2 aromatic rings. The number of pyridine rings is 1. The standard InChI is InChI=1S/C9H5FIN3O/c10-6-1-7(3-12-2-6)15-9-8(11)4-13-5-14-9/h1-5H. The minimum absolute atomic E-state index is 0.312. The van der Waals surface area contributed by atoms with E-state index in [1.165, 1.54) is 18.6 Å². The summed E-state index contributed by atoms with van der Waals surface area (Å²) in [5.74, 6) is 0.251. The Labute approximate surface area is 98.7 Å². The minimum Gasteiger partial charge on any atom is -0.436 e. The summed E-state index contributed by atoms with van der Waals surface area (Å²) in [5.41, 5.74) is 0. The van der Waals surface area contributed by atoms with Crippen LogP contribution >= 0.6 is 22.6 Å². The largest absolute Gasteiger partial charge is 0.436 e. The third-order valence-corrected chi connectivity index (χ3v) is 2.27. The summed E-state index contributed by atoms with van der Waals surface area (Å²) in [7, 11) is 0. The molecule has 4 nitrogen and oxygen atoms in total. The van der Waals surface area contributed by atoms with E-state index in [4.69, 9.17) is 4.74 Å². The van der Waals surface area contributed by atoms with Crippen molar-refractivity contribution in [1.82, 2.24) is 15.0 Å². The Hall–Kier alpha value is -1.31. The average Bonchev–Trinajstić information content (AvgIpc) is 2.22. The molecule has 0 aromatic carbocycles. The number of nitrogens with zero attached hydrogens (tertiary/aromatic N) is 3. The van der Waals surface area contributed by atoms with E-state index in [-0.39, 0.29) is 0 Å². The predicted octanol–water partition coefficient (Wildman–Crippen LogP) is 2.41. The van der Waals surface area contributed by atoms with Gasteiger partial charge in [-0.15, -0.1) is 0 Å². The summed E-state index contributed by atoms with van der Waals surface area (Å²) in [6.07, 6.45) is 5.50. The quantitative estimate of drug-likeness (QED) is 0.798. The Morgan fingerprint density at radius 3 is 2.80 bits per heavy atom. The van der Waals surface area contributed by atoms with Gasteiger partial charge in [-0.25, -0.2) is 14.4 Å². The molecule has 0 aliphatic carbocycles. The maximum atomic E-state index is 12.8. The molecule has 0 aliphatic rings. The number of aromatic nitrogens is 3. The zero-order valence-corrected chi connectivity index (χ0v) is 9.55. The molecule has 0 atom stereocenters. The molecular formula is C9H5FIN3O. The summed E-state index contributed by atoms with van der Waals surface area (Å²) in [6.45, 7) is 0. The molecule has 0 aliphatic heterocycles. The molecule has 0 N–H and O–H groups in total. The molecule has 6 heteroatoms. The molecule has 0 bridgehead atoms. The van der Waals surface area contributed by atoms with Crippen LogP contribution in [0.3, 0.4) is 0 Å². The molecule has 76 valence electrons. The van der Waals surface area contributed by atoms with Crippen LogP contribution in [0.2, 0.25) is 0 Å². The highest BCUT2D eigenvalue weighted by molar-refractivity contribution is 14.1. The van der Waals surface area contributed by atoms with Crippen molar-refractivity contribution in [1.29, 1.82) is 0 Å². The van der Waals surface area contributed by atoms with E-state index in [0.29, 0.717) is 11.6 Å². The van der Waals surface area contributed by atoms with Crippen LogP contribution in [-0.2, 0) is 0 Å². The van der Waals surface area contributed by atoms with Crippen LogP contribution in [0.1, 0.15) is 0 Å².